The van der Waals surface area contributed by atoms with Crippen LogP contribution < -0.4 is 14.2 Å². The minimum Gasteiger partial charge on any atom is -0.497 e. The average Bonchev–Trinajstić information content (AvgIpc) is 3.38. The molecule has 34 heavy (non-hydrogen) atoms. The number of H-pyrrole nitrogens is 1. The summed E-state index contributed by atoms with van der Waals surface area (Å²) in [4.78, 5) is 29.3. The van der Waals surface area contributed by atoms with Gasteiger partial charge in [-0.15, -0.1) is 0 Å². The highest BCUT2D eigenvalue weighted by molar-refractivity contribution is 5.93. The van der Waals surface area contributed by atoms with Crippen molar-refractivity contribution >= 4 is 11.8 Å². The molecule has 0 saturated carbocycles. The Hall–Kier alpha value is -4.01. The SMILES string of the molecule is COc1ccc(-c2cc(C(=O)N3CCN(C(=O)Cc4ccc(OC)c(OC)c4)CC3)[nH]n2)cc1. The average molecular weight is 465 g/mol. The van der Waals surface area contributed by atoms with Gasteiger partial charge < -0.3 is 24.0 Å². The highest BCUT2D eigenvalue weighted by Gasteiger charge is 2.26. The van der Waals surface area contributed by atoms with Crippen LogP contribution in [0, 0.1) is 0 Å². The number of ether oxygens (including phenoxy) is 3. The van der Waals surface area contributed by atoms with Crippen molar-refractivity contribution in [2.24, 2.45) is 0 Å². The second-order valence-corrected chi connectivity index (χ2v) is 7.93. The number of piperazine rings is 1. The van der Waals surface area contributed by atoms with Crippen LogP contribution in [0.1, 0.15) is 16.1 Å². The fourth-order valence-corrected chi connectivity index (χ4v) is 3.95. The van der Waals surface area contributed by atoms with Gasteiger partial charge in [-0.1, -0.05) is 6.07 Å². The first-order valence-electron chi connectivity index (χ1n) is 11.0. The molecule has 1 fully saturated rings. The third-order valence-electron chi connectivity index (χ3n) is 5.92. The Labute approximate surface area is 198 Å². The molecule has 1 saturated heterocycles. The van der Waals surface area contributed by atoms with Crippen LogP contribution in [-0.2, 0) is 11.2 Å². The van der Waals surface area contributed by atoms with E-state index in [9.17, 15) is 9.59 Å². The van der Waals surface area contributed by atoms with E-state index in [-0.39, 0.29) is 18.2 Å². The van der Waals surface area contributed by atoms with Crippen LogP contribution in [0.4, 0.5) is 0 Å². The van der Waals surface area contributed by atoms with Gasteiger partial charge in [0.1, 0.15) is 11.4 Å². The number of carbonyl (C=O) groups is 2. The number of nitrogens with zero attached hydrogens (tertiary/aromatic N) is 3. The maximum atomic E-state index is 12.9. The zero-order chi connectivity index (χ0) is 24.1. The largest absolute Gasteiger partial charge is 0.497 e. The molecule has 1 N–H and O–H groups in total. The van der Waals surface area contributed by atoms with Gasteiger partial charge in [0.25, 0.3) is 5.91 Å². The van der Waals surface area contributed by atoms with Crippen molar-refractivity contribution in [3.8, 4) is 28.5 Å². The molecule has 2 aromatic carbocycles. The summed E-state index contributed by atoms with van der Waals surface area (Å²) in [7, 11) is 4.76. The summed E-state index contributed by atoms with van der Waals surface area (Å²) in [6, 6.07) is 14.7. The van der Waals surface area contributed by atoms with E-state index in [1.54, 1.807) is 43.3 Å². The van der Waals surface area contributed by atoms with E-state index in [0.717, 1.165) is 16.9 Å². The lowest BCUT2D eigenvalue weighted by Crippen LogP contribution is -2.51. The van der Waals surface area contributed by atoms with Crippen LogP contribution in [0.3, 0.4) is 0 Å². The number of nitrogens with one attached hydrogen (secondary N) is 1. The van der Waals surface area contributed by atoms with Crippen LogP contribution in [0.15, 0.2) is 48.5 Å². The first-order chi connectivity index (χ1) is 16.5. The van der Waals surface area contributed by atoms with E-state index in [2.05, 4.69) is 10.2 Å². The van der Waals surface area contributed by atoms with Crippen molar-refractivity contribution in [2.45, 2.75) is 6.42 Å². The lowest BCUT2D eigenvalue weighted by atomic mass is 10.1. The zero-order valence-corrected chi connectivity index (χ0v) is 19.5. The number of aromatic nitrogens is 2. The van der Waals surface area contributed by atoms with Gasteiger partial charge in [-0.25, -0.2) is 0 Å². The minimum atomic E-state index is -0.126. The van der Waals surface area contributed by atoms with E-state index in [4.69, 9.17) is 14.2 Å². The topological polar surface area (TPSA) is 97.0 Å². The molecule has 1 aliphatic rings. The highest BCUT2D eigenvalue weighted by Crippen LogP contribution is 2.28. The number of carbonyl (C=O) groups excluding carboxylic acids is 2. The van der Waals surface area contributed by atoms with Crippen molar-refractivity contribution in [1.82, 2.24) is 20.0 Å². The first-order valence-corrected chi connectivity index (χ1v) is 11.0. The Balaban J connectivity index is 1.33. The molecule has 2 amide bonds. The van der Waals surface area contributed by atoms with Crippen molar-refractivity contribution in [2.75, 3.05) is 47.5 Å². The number of hydrogen-bond acceptors (Lipinski definition) is 6. The number of rotatable bonds is 7. The molecule has 4 rings (SSSR count). The van der Waals surface area contributed by atoms with Gasteiger partial charge in [-0.05, 0) is 48.0 Å². The third-order valence-corrected chi connectivity index (χ3v) is 5.92. The normalized spacial score (nSPS) is 13.5. The van der Waals surface area contributed by atoms with Gasteiger partial charge in [0.15, 0.2) is 11.5 Å². The Morgan fingerprint density at radius 1 is 0.853 bits per heavy atom. The van der Waals surface area contributed by atoms with Crippen molar-refractivity contribution in [3.63, 3.8) is 0 Å². The van der Waals surface area contributed by atoms with Crippen LogP contribution in [-0.4, -0.2) is 79.3 Å². The van der Waals surface area contributed by atoms with Crippen LogP contribution in [0.25, 0.3) is 11.3 Å². The molecule has 0 unspecified atom stereocenters. The molecule has 0 radical (unpaired) electrons. The minimum absolute atomic E-state index is 0.0163. The molecule has 9 nitrogen and oxygen atoms in total. The van der Waals surface area contributed by atoms with Gasteiger partial charge in [0.05, 0.1) is 33.4 Å². The molecule has 1 aliphatic heterocycles. The predicted octanol–water partition coefficient (Wildman–Crippen LogP) is 2.63. The molecule has 178 valence electrons. The molecule has 0 aliphatic carbocycles. The van der Waals surface area contributed by atoms with Gasteiger partial charge in [0.2, 0.25) is 5.91 Å². The summed E-state index contributed by atoms with van der Waals surface area (Å²) in [5, 5.41) is 7.12. The second-order valence-electron chi connectivity index (χ2n) is 7.93. The number of amides is 2. The molecule has 2 heterocycles. The van der Waals surface area contributed by atoms with Crippen LogP contribution in [0.2, 0.25) is 0 Å². The van der Waals surface area contributed by atoms with Crippen molar-refractivity contribution in [3.05, 3.63) is 59.8 Å². The van der Waals surface area contributed by atoms with Gasteiger partial charge in [0, 0.05) is 31.7 Å². The van der Waals surface area contributed by atoms with E-state index in [0.29, 0.717) is 49.1 Å². The number of methoxy groups -OCH3 is 3. The molecular weight excluding hydrogens is 436 g/mol. The molecular formula is C25H28N4O5. The van der Waals surface area contributed by atoms with Gasteiger partial charge in [-0.3, -0.25) is 14.7 Å². The smallest absolute Gasteiger partial charge is 0.272 e. The maximum absolute atomic E-state index is 12.9. The summed E-state index contributed by atoms with van der Waals surface area (Å²) in [5.74, 6) is 1.87. The second kappa shape index (κ2) is 10.3. The molecule has 1 aromatic heterocycles. The third kappa shape index (κ3) is 4.98. The fourth-order valence-electron chi connectivity index (χ4n) is 3.95. The summed E-state index contributed by atoms with van der Waals surface area (Å²) in [5.41, 5.74) is 2.86. The van der Waals surface area contributed by atoms with Gasteiger partial charge >= 0.3 is 0 Å². The monoisotopic (exact) mass is 464 g/mol. The summed E-state index contributed by atoms with van der Waals surface area (Å²) in [6.07, 6.45) is 0.264. The van der Waals surface area contributed by atoms with E-state index >= 15 is 0 Å². The lowest BCUT2D eigenvalue weighted by Gasteiger charge is -2.34. The Bertz CT molecular complexity index is 1150. The standard InChI is InChI=1S/C25H28N4O5/c1-32-19-7-5-18(6-8-19)20-16-21(27-26-20)25(31)29-12-10-28(11-13-29)24(30)15-17-4-9-22(33-2)23(14-17)34-3/h4-9,14,16H,10-13,15H2,1-3H3,(H,26,27). The number of hydrogen-bond donors (Lipinski definition) is 1. The molecule has 3 aromatic rings. The van der Waals surface area contributed by atoms with Gasteiger partial charge in [-0.2, -0.15) is 5.10 Å². The molecule has 0 spiro atoms. The molecule has 9 heteroatoms. The van der Waals surface area contributed by atoms with Crippen LogP contribution >= 0.6 is 0 Å². The molecule has 0 atom stereocenters. The zero-order valence-electron chi connectivity index (χ0n) is 19.5. The fraction of sp³-hybridized carbons (Fsp3) is 0.320. The highest BCUT2D eigenvalue weighted by atomic mass is 16.5. The summed E-state index contributed by atoms with van der Waals surface area (Å²) < 4.78 is 15.7. The summed E-state index contributed by atoms with van der Waals surface area (Å²) >= 11 is 0. The van der Waals surface area contributed by atoms with Crippen LogP contribution in [0.5, 0.6) is 17.2 Å². The summed E-state index contributed by atoms with van der Waals surface area (Å²) in [6.45, 7) is 1.90. The first kappa shape index (κ1) is 23.2. The Morgan fingerprint density at radius 3 is 2.18 bits per heavy atom. The number of benzene rings is 2. The van der Waals surface area contributed by atoms with E-state index < -0.39 is 0 Å². The van der Waals surface area contributed by atoms with Crippen molar-refractivity contribution in [1.29, 1.82) is 0 Å². The number of aromatic amines is 1. The quantitative estimate of drug-likeness (QED) is 0.577. The van der Waals surface area contributed by atoms with E-state index in [1.807, 2.05) is 36.4 Å². The Morgan fingerprint density at radius 2 is 1.53 bits per heavy atom. The molecule has 0 bridgehead atoms. The Kier molecular flexibility index (Phi) is 7.01. The van der Waals surface area contributed by atoms with Crippen molar-refractivity contribution < 1.29 is 23.8 Å². The lowest BCUT2D eigenvalue weighted by molar-refractivity contribution is -0.131. The maximum Gasteiger partial charge on any atom is 0.272 e. The van der Waals surface area contributed by atoms with E-state index in [1.165, 1.54) is 0 Å². The predicted molar refractivity (Wildman–Crippen MR) is 126 cm³/mol.